The number of benzene rings is 2. The SMILES string of the molecule is O=C1CCCC[C@H]1[C@@H](Nc1ccc2ncccc2c1)c1ccc(F)cc1. The van der Waals surface area contributed by atoms with Crippen LogP contribution in [0.3, 0.4) is 0 Å². The van der Waals surface area contributed by atoms with Gasteiger partial charge in [-0.05, 0) is 54.8 Å². The van der Waals surface area contributed by atoms with E-state index in [0.717, 1.165) is 41.4 Å². The van der Waals surface area contributed by atoms with E-state index in [0.29, 0.717) is 12.2 Å². The summed E-state index contributed by atoms with van der Waals surface area (Å²) in [6, 6.07) is 16.3. The summed E-state index contributed by atoms with van der Waals surface area (Å²) >= 11 is 0. The van der Waals surface area contributed by atoms with Crippen LogP contribution in [0.1, 0.15) is 37.3 Å². The van der Waals surface area contributed by atoms with Gasteiger partial charge in [0.15, 0.2) is 0 Å². The summed E-state index contributed by atoms with van der Waals surface area (Å²) in [5.41, 5.74) is 2.82. The number of Topliss-reactive ketones (excluding diaryl/α,β-unsaturated/α-hetero) is 1. The van der Waals surface area contributed by atoms with Crippen molar-refractivity contribution in [1.29, 1.82) is 0 Å². The molecule has 1 aromatic heterocycles. The van der Waals surface area contributed by atoms with Crippen LogP contribution >= 0.6 is 0 Å². The molecule has 132 valence electrons. The van der Waals surface area contributed by atoms with Gasteiger partial charge in [0.25, 0.3) is 0 Å². The molecule has 0 bridgehead atoms. The molecule has 1 saturated carbocycles. The molecule has 1 N–H and O–H groups in total. The van der Waals surface area contributed by atoms with Gasteiger partial charge in [0.05, 0.1) is 11.6 Å². The Balaban J connectivity index is 1.69. The van der Waals surface area contributed by atoms with Gasteiger partial charge >= 0.3 is 0 Å². The summed E-state index contributed by atoms with van der Waals surface area (Å²) in [6.45, 7) is 0. The van der Waals surface area contributed by atoms with Gasteiger partial charge in [-0.3, -0.25) is 9.78 Å². The minimum Gasteiger partial charge on any atom is -0.377 e. The van der Waals surface area contributed by atoms with E-state index in [9.17, 15) is 9.18 Å². The van der Waals surface area contributed by atoms with Crippen molar-refractivity contribution in [2.75, 3.05) is 5.32 Å². The molecule has 2 atom stereocenters. The second-order valence-corrected chi connectivity index (χ2v) is 6.90. The van der Waals surface area contributed by atoms with Gasteiger partial charge in [-0.2, -0.15) is 0 Å². The Labute approximate surface area is 152 Å². The highest BCUT2D eigenvalue weighted by Gasteiger charge is 2.31. The van der Waals surface area contributed by atoms with Crippen molar-refractivity contribution < 1.29 is 9.18 Å². The Kier molecular flexibility index (Phi) is 4.65. The number of hydrogen-bond acceptors (Lipinski definition) is 3. The van der Waals surface area contributed by atoms with Gasteiger partial charge < -0.3 is 5.32 Å². The van der Waals surface area contributed by atoms with Crippen LogP contribution in [0.4, 0.5) is 10.1 Å². The molecule has 26 heavy (non-hydrogen) atoms. The first-order valence-electron chi connectivity index (χ1n) is 9.10. The standard InChI is InChI=1S/C22H21FN2O/c23-17-9-7-15(8-10-17)22(19-5-1-2-6-21(19)26)25-18-11-12-20-16(14-18)4-3-13-24-20/h3-4,7-14,19,22,25H,1-2,5-6H2/t19-,22+/m1/s1. The van der Waals surface area contributed by atoms with E-state index in [-0.39, 0.29) is 17.8 Å². The molecule has 1 aliphatic carbocycles. The van der Waals surface area contributed by atoms with Gasteiger partial charge in [0, 0.05) is 29.6 Å². The van der Waals surface area contributed by atoms with Crippen molar-refractivity contribution in [2.24, 2.45) is 5.92 Å². The quantitative estimate of drug-likeness (QED) is 0.697. The number of halogens is 1. The molecule has 0 saturated heterocycles. The lowest BCUT2D eigenvalue weighted by Gasteiger charge is -2.31. The number of nitrogens with zero attached hydrogens (tertiary/aromatic N) is 1. The molecule has 0 radical (unpaired) electrons. The smallest absolute Gasteiger partial charge is 0.138 e. The summed E-state index contributed by atoms with van der Waals surface area (Å²) in [5.74, 6) is -0.0569. The first kappa shape index (κ1) is 16.7. The highest BCUT2D eigenvalue weighted by Crippen LogP contribution is 2.35. The lowest BCUT2D eigenvalue weighted by atomic mass is 9.80. The molecule has 4 heteroatoms. The number of fused-ring (bicyclic) bond motifs is 1. The molecule has 0 aliphatic heterocycles. The van der Waals surface area contributed by atoms with E-state index < -0.39 is 0 Å². The largest absolute Gasteiger partial charge is 0.377 e. The van der Waals surface area contributed by atoms with Gasteiger partial charge in [0.1, 0.15) is 11.6 Å². The van der Waals surface area contributed by atoms with Crippen LogP contribution in [-0.4, -0.2) is 10.8 Å². The van der Waals surface area contributed by atoms with Crippen LogP contribution in [-0.2, 0) is 4.79 Å². The van der Waals surface area contributed by atoms with Gasteiger partial charge in [-0.25, -0.2) is 4.39 Å². The van der Waals surface area contributed by atoms with Crippen molar-refractivity contribution in [2.45, 2.75) is 31.7 Å². The molecular weight excluding hydrogens is 327 g/mol. The van der Waals surface area contributed by atoms with Crippen molar-refractivity contribution in [3.8, 4) is 0 Å². The maximum atomic E-state index is 13.4. The van der Waals surface area contributed by atoms with Crippen molar-refractivity contribution >= 4 is 22.4 Å². The lowest BCUT2D eigenvalue weighted by molar-refractivity contribution is -0.125. The molecule has 1 fully saturated rings. The Morgan fingerprint density at radius 3 is 2.73 bits per heavy atom. The summed E-state index contributed by atoms with van der Waals surface area (Å²) in [4.78, 5) is 16.9. The van der Waals surface area contributed by atoms with Crippen molar-refractivity contribution in [1.82, 2.24) is 4.98 Å². The maximum Gasteiger partial charge on any atom is 0.138 e. The third-order valence-corrected chi connectivity index (χ3v) is 5.16. The fraction of sp³-hybridized carbons (Fsp3) is 0.273. The predicted molar refractivity (Wildman–Crippen MR) is 101 cm³/mol. The van der Waals surface area contributed by atoms with Gasteiger partial charge in [0.2, 0.25) is 0 Å². The van der Waals surface area contributed by atoms with Crippen molar-refractivity contribution in [3.05, 3.63) is 72.2 Å². The zero-order valence-electron chi connectivity index (χ0n) is 14.5. The molecule has 1 heterocycles. The number of aromatic nitrogens is 1. The lowest BCUT2D eigenvalue weighted by Crippen LogP contribution is -2.30. The fourth-order valence-electron chi connectivity index (χ4n) is 3.79. The van der Waals surface area contributed by atoms with Gasteiger partial charge in [-0.15, -0.1) is 0 Å². The first-order valence-corrected chi connectivity index (χ1v) is 9.10. The minimum absolute atomic E-state index is 0.0844. The molecular formula is C22H21FN2O. The van der Waals surface area contributed by atoms with Crippen molar-refractivity contribution in [3.63, 3.8) is 0 Å². The molecule has 0 unspecified atom stereocenters. The molecule has 0 amide bonds. The monoisotopic (exact) mass is 348 g/mol. The number of nitrogens with one attached hydrogen (secondary N) is 1. The predicted octanol–water partition coefficient (Wildman–Crippen LogP) is 5.29. The Morgan fingerprint density at radius 1 is 1.08 bits per heavy atom. The van der Waals surface area contributed by atoms with E-state index in [2.05, 4.69) is 10.3 Å². The molecule has 4 rings (SSSR count). The van der Waals surface area contributed by atoms with Gasteiger partial charge in [-0.1, -0.05) is 24.6 Å². The Morgan fingerprint density at radius 2 is 1.92 bits per heavy atom. The average molecular weight is 348 g/mol. The maximum absolute atomic E-state index is 13.4. The van der Waals surface area contributed by atoms with Crippen LogP contribution < -0.4 is 5.32 Å². The third-order valence-electron chi connectivity index (χ3n) is 5.16. The summed E-state index contributed by atoms with van der Waals surface area (Å²) in [6.07, 6.45) is 5.29. The van der Waals surface area contributed by atoms with Crippen LogP contribution in [0.5, 0.6) is 0 Å². The topological polar surface area (TPSA) is 42.0 Å². The molecule has 2 aromatic carbocycles. The normalized spacial score (nSPS) is 18.7. The second kappa shape index (κ2) is 7.24. The second-order valence-electron chi connectivity index (χ2n) is 6.90. The van der Waals surface area contributed by atoms with E-state index in [4.69, 9.17) is 0 Å². The minimum atomic E-state index is -0.265. The van der Waals surface area contributed by atoms with E-state index in [1.807, 2.05) is 30.3 Å². The summed E-state index contributed by atoms with van der Waals surface area (Å²) < 4.78 is 13.4. The highest BCUT2D eigenvalue weighted by molar-refractivity contribution is 5.84. The molecule has 0 spiro atoms. The van der Waals surface area contributed by atoms with Crippen LogP contribution in [0.2, 0.25) is 0 Å². The van der Waals surface area contributed by atoms with E-state index in [1.54, 1.807) is 18.3 Å². The molecule has 3 nitrogen and oxygen atoms in total. The van der Waals surface area contributed by atoms with Crippen LogP contribution in [0, 0.1) is 11.7 Å². The summed E-state index contributed by atoms with van der Waals surface area (Å²) in [5, 5.41) is 4.58. The number of hydrogen-bond donors (Lipinski definition) is 1. The third kappa shape index (κ3) is 3.45. The Hall–Kier alpha value is -2.75. The number of carbonyl (C=O) groups is 1. The summed E-state index contributed by atoms with van der Waals surface area (Å²) in [7, 11) is 0. The van der Waals surface area contributed by atoms with E-state index >= 15 is 0 Å². The fourth-order valence-corrected chi connectivity index (χ4v) is 3.79. The number of ketones is 1. The number of rotatable bonds is 4. The number of anilines is 1. The average Bonchev–Trinajstić information content (AvgIpc) is 2.67. The van der Waals surface area contributed by atoms with E-state index in [1.165, 1.54) is 12.1 Å². The molecule has 1 aliphatic rings. The zero-order chi connectivity index (χ0) is 17.9. The van der Waals surface area contributed by atoms with Crippen LogP contribution in [0.25, 0.3) is 10.9 Å². The van der Waals surface area contributed by atoms with Crippen LogP contribution in [0.15, 0.2) is 60.8 Å². The highest BCUT2D eigenvalue weighted by atomic mass is 19.1. The number of carbonyl (C=O) groups excluding carboxylic acids is 1. The first-order chi connectivity index (χ1) is 12.7. The zero-order valence-corrected chi connectivity index (χ0v) is 14.5. The molecule has 3 aromatic rings. The number of pyridine rings is 1. The Bertz CT molecular complexity index is 923.